The average molecular weight is 408 g/mol. The Bertz CT molecular complexity index is 640. The summed E-state index contributed by atoms with van der Waals surface area (Å²) in [5, 5.41) is 3.13. The minimum absolute atomic E-state index is 0. The third kappa shape index (κ3) is 5.06. The van der Waals surface area contributed by atoms with Crippen molar-refractivity contribution < 1.29 is 9.59 Å². The van der Waals surface area contributed by atoms with Gasteiger partial charge in [-0.05, 0) is 43.7 Å². The molecule has 1 saturated carbocycles. The quantitative estimate of drug-likeness (QED) is 0.726. The fourth-order valence-corrected chi connectivity index (χ4v) is 4.71. The molecule has 0 radical (unpaired) electrons. The van der Waals surface area contributed by atoms with E-state index in [2.05, 4.69) is 12.2 Å². The zero-order valence-corrected chi connectivity index (χ0v) is 17.6. The summed E-state index contributed by atoms with van der Waals surface area (Å²) in [6, 6.07) is 9.17. The predicted octanol–water partition coefficient (Wildman–Crippen LogP) is 3.52. The summed E-state index contributed by atoms with van der Waals surface area (Å²) in [4.78, 5) is 28.3. The molecule has 2 fully saturated rings. The zero-order chi connectivity index (χ0) is 19.2. The van der Waals surface area contributed by atoms with Gasteiger partial charge < -0.3 is 16.0 Å². The Hall–Kier alpha value is -1.59. The molecule has 3 N–H and O–H groups in total. The van der Waals surface area contributed by atoms with Gasteiger partial charge in [0.1, 0.15) is 6.04 Å². The lowest BCUT2D eigenvalue weighted by Gasteiger charge is -2.34. The first-order valence-electron chi connectivity index (χ1n) is 10.5. The van der Waals surface area contributed by atoms with Crippen LogP contribution in [0.5, 0.6) is 0 Å². The lowest BCUT2D eigenvalue weighted by molar-refractivity contribution is -0.125. The van der Waals surface area contributed by atoms with Crippen molar-refractivity contribution in [1.82, 2.24) is 10.2 Å². The summed E-state index contributed by atoms with van der Waals surface area (Å²) >= 11 is 0. The summed E-state index contributed by atoms with van der Waals surface area (Å²) in [6.45, 7) is 2.58. The molecule has 2 aliphatic rings. The molecule has 6 heteroatoms. The van der Waals surface area contributed by atoms with Crippen LogP contribution in [0.1, 0.15) is 68.6 Å². The van der Waals surface area contributed by atoms with Crippen LogP contribution in [0.15, 0.2) is 30.3 Å². The summed E-state index contributed by atoms with van der Waals surface area (Å²) in [5.74, 6) is 0.400. The highest BCUT2D eigenvalue weighted by Crippen LogP contribution is 2.40. The number of carbonyl (C=O) groups excluding carboxylic acids is 2. The number of halogens is 1. The molecule has 5 nitrogen and oxygen atoms in total. The van der Waals surface area contributed by atoms with Crippen molar-refractivity contribution in [2.24, 2.45) is 11.7 Å². The Morgan fingerprint density at radius 1 is 1.21 bits per heavy atom. The Labute approximate surface area is 174 Å². The van der Waals surface area contributed by atoms with Gasteiger partial charge in [-0.25, -0.2) is 0 Å². The lowest BCUT2D eigenvalue weighted by Crippen LogP contribution is -2.52. The Morgan fingerprint density at radius 3 is 2.61 bits per heavy atom. The maximum absolute atomic E-state index is 13.3. The molecule has 1 heterocycles. The molecule has 1 aromatic rings. The summed E-state index contributed by atoms with van der Waals surface area (Å²) in [7, 11) is 0. The van der Waals surface area contributed by atoms with Crippen LogP contribution in [-0.4, -0.2) is 41.4 Å². The van der Waals surface area contributed by atoms with Gasteiger partial charge in [0.25, 0.3) is 5.91 Å². The fraction of sp³-hybridized carbons (Fsp3) is 0.636. The Balaban J connectivity index is 0.00000280. The number of hydrogen-bond donors (Lipinski definition) is 2. The summed E-state index contributed by atoms with van der Waals surface area (Å²) in [6.07, 6.45) is 8.25. The highest BCUT2D eigenvalue weighted by atomic mass is 35.5. The number of nitrogens with one attached hydrogen (secondary N) is 1. The average Bonchev–Trinajstić information content (AvgIpc) is 3.10. The van der Waals surface area contributed by atoms with Crippen LogP contribution >= 0.6 is 12.4 Å². The van der Waals surface area contributed by atoms with Crippen LogP contribution in [0, 0.1) is 5.92 Å². The molecule has 2 amide bonds. The van der Waals surface area contributed by atoms with Gasteiger partial charge in [0, 0.05) is 24.2 Å². The standard InChI is InChI=1S/C22H33N3O2.ClH/c1-2-3-12-18(15-23)24-21(26)20-14-17-11-7-8-13-19(17)25(20)22(27)16-9-5-4-6-10-16;/h4-6,9-10,17-20H,2-3,7-8,11-15,23H2,1H3,(H,24,26);1H. The van der Waals surface area contributed by atoms with Crippen molar-refractivity contribution in [3.8, 4) is 0 Å². The van der Waals surface area contributed by atoms with E-state index >= 15 is 0 Å². The first-order chi connectivity index (χ1) is 13.2. The molecule has 1 aliphatic heterocycles. The van der Waals surface area contributed by atoms with Crippen LogP contribution < -0.4 is 11.1 Å². The molecule has 0 spiro atoms. The van der Waals surface area contributed by atoms with E-state index in [9.17, 15) is 9.59 Å². The molecule has 0 aromatic heterocycles. The molecule has 156 valence electrons. The van der Waals surface area contributed by atoms with E-state index in [1.54, 1.807) is 0 Å². The number of nitrogens with two attached hydrogens (primary N) is 1. The van der Waals surface area contributed by atoms with Crippen molar-refractivity contribution in [2.75, 3.05) is 6.54 Å². The highest BCUT2D eigenvalue weighted by molar-refractivity contribution is 5.98. The van der Waals surface area contributed by atoms with E-state index in [0.717, 1.165) is 44.9 Å². The van der Waals surface area contributed by atoms with E-state index in [-0.39, 0.29) is 42.3 Å². The number of nitrogens with zero attached hydrogens (tertiary/aromatic N) is 1. The molecule has 3 rings (SSSR count). The molecule has 1 saturated heterocycles. The van der Waals surface area contributed by atoms with Crippen molar-refractivity contribution >= 4 is 24.2 Å². The van der Waals surface area contributed by atoms with Gasteiger partial charge in [-0.15, -0.1) is 12.4 Å². The number of benzene rings is 1. The SMILES string of the molecule is CCCCC(CN)NC(=O)C1CC2CCCCC2N1C(=O)c1ccccc1.Cl. The second kappa shape index (κ2) is 10.8. The topological polar surface area (TPSA) is 75.4 Å². The van der Waals surface area contributed by atoms with Gasteiger partial charge in [0.05, 0.1) is 0 Å². The first kappa shape index (κ1) is 22.7. The fourth-order valence-electron chi connectivity index (χ4n) is 4.71. The Morgan fingerprint density at radius 2 is 1.93 bits per heavy atom. The minimum atomic E-state index is -0.374. The number of hydrogen-bond acceptors (Lipinski definition) is 3. The first-order valence-corrected chi connectivity index (χ1v) is 10.5. The monoisotopic (exact) mass is 407 g/mol. The number of rotatable bonds is 7. The Kier molecular flexibility index (Phi) is 8.77. The van der Waals surface area contributed by atoms with Gasteiger partial charge in [-0.2, -0.15) is 0 Å². The number of fused-ring (bicyclic) bond motifs is 1. The molecule has 1 aliphatic carbocycles. The van der Waals surface area contributed by atoms with Crippen LogP contribution in [0.25, 0.3) is 0 Å². The van der Waals surface area contributed by atoms with Gasteiger partial charge in [-0.1, -0.05) is 50.8 Å². The molecule has 28 heavy (non-hydrogen) atoms. The molecular formula is C22H34ClN3O2. The second-order valence-corrected chi connectivity index (χ2v) is 8.03. The van der Waals surface area contributed by atoms with Crippen molar-refractivity contribution in [2.45, 2.75) is 76.4 Å². The highest BCUT2D eigenvalue weighted by Gasteiger charge is 2.47. The van der Waals surface area contributed by atoms with Crippen LogP contribution in [0.4, 0.5) is 0 Å². The van der Waals surface area contributed by atoms with E-state index < -0.39 is 0 Å². The zero-order valence-electron chi connectivity index (χ0n) is 16.8. The van der Waals surface area contributed by atoms with Gasteiger partial charge in [0.15, 0.2) is 0 Å². The summed E-state index contributed by atoms with van der Waals surface area (Å²) < 4.78 is 0. The molecule has 4 unspecified atom stereocenters. The smallest absolute Gasteiger partial charge is 0.254 e. The third-order valence-electron chi connectivity index (χ3n) is 6.18. The van der Waals surface area contributed by atoms with Crippen molar-refractivity contribution in [3.05, 3.63) is 35.9 Å². The number of unbranched alkanes of at least 4 members (excludes halogenated alkanes) is 1. The van der Waals surface area contributed by atoms with E-state index in [1.165, 1.54) is 6.42 Å². The number of carbonyl (C=O) groups is 2. The van der Waals surface area contributed by atoms with E-state index in [1.807, 2.05) is 35.2 Å². The maximum Gasteiger partial charge on any atom is 0.254 e. The van der Waals surface area contributed by atoms with Gasteiger partial charge in [0.2, 0.25) is 5.91 Å². The predicted molar refractivity (Wildman–Crippen MR) is 115 cm³/mol. The van der Waals surface area contributed by atoms with Crippen LogP contribution in [0.2, 0.25) is 0 Å². The van der Waals surface area contributed by atoms with Gasteiger partial charge in [-0.3, -0.25) is 9.59 Å². The lowest BCUT2D eigenvalue weighted by atomic mass is 9.84. The number of amides is 2. The van der Waals surface area contributed by atoms with E-state index in [4.69, 9.17) is 5.73 Å². The maximum atomic E-state index is 13.3. The molecule has 1 aromatic carbocycles. The van der Waals surface area contributed by atoms with E-state index in [0.29, 0.717) is 18.0 Å². The second-order valence-electron chi connectivity index (χ2n) is 8.03. The van der Waals surface area contributed by atoms with Gasteiger partial charge >= 0.3 is 0 Å². The van der Waals surface area contributed by atoms with Crippen LogP contribution in [-0.2, 0) is 4.79 Å². The van der Waals surface area contributed by atoms with Crippen molar-refractivity contribution in [3.63, 3.8) is 0 Å². The normalized spacial score (nSPS) is 24.8. The number of likely N-dealkylation sites (tertiary alicyclic amines) is 1. The summed E-state index contributed by atoms with van der Waals surface area (Å²) in [5.41, 5.74) is 6.54. The molecule has 0 bridgehead atoms. The molecule has 4 atom stereocenters. The van der Waals surface area contributed by atoms with Crippen LogP contribution in [0.3, 0.4) is 0 Å². The largest absolute Gasteiger partial charge is 0.350 e. The molecular weight excluding hydrogens is 374 g/mol. The minimum Gasteiger partial charge on any atom is -0.350 e. The third-order valence-corrected chi connectivity index (χ3v) is 6.18. The van der Waals surface area contributed by atoms with Crippen molar-refractivity contribution in [1.29, 1.82) is 0 Å².